The number of nitrogens with zero attached hydrogens (tertiary/aromatic N) is 5. The highest BCUT2D eigenvalue weighted by Crippen LogP contribution is 2.29. The van der Waals surface area contributed by atoms with Gasteiger partial charge in [-0.3, -0.25) is 9.59 Å². The summed E-state index contributed by atoms with van der Waals surface area (Å²) in [6, 6.07) is 8.32. The zero-order valence-electron chi connectivity index (χ0n) is 16.8. The number of pyridine rings is 2. The molecule has 4 heterocycles. The monoisotopic (exact) mass is 422 g/mol. The van der Waals surface area contributed by atoms with Crippen LogP contribution in [0.4, 0.5) is 17.3 Å². The van der Waals surface area contributed by atoms with Gasteiger partial charge in [-0.1, -0.05) is 0 Å². The van der Waals surface area contributed by atoms with Gasteiger partial charge in [0, 0.05) is 56.8 Å². The molecule has 2 amide bonds. The molecule has 4 rings (SSSR count). The van der Waals surface area contributed by atoms with Gasteiger partial charge in [0.05, 0.1) is 12.2 Å². The third kappa shape index (κ3) is 4.33. The number of rotatable bonds is 4. The molecule has 2 aliphatic heterocycles. The molecule has 2 aliphatic rings. The Morgan fingerprint density at radius 1 is 1.19 bits per heavy atom. The third-order valence-electron chi connectivity index (χ3n) is 5.31. The van der Waals surface area contributed by atoms with Gasteiger partial charge < -0.3 is 25.0 Å². The van der Waals surface area contributed by atoms with Gasteiger partial charge in [0.1, 0.15) is 17.7 Å². The van der Waals surface area contributed by atoms with Gasteiger partial charge in [-0.15, -0.1) is 0 Å². The molecule has 0 bridgehead atoms. The molecule has 2 aromatic heterocycles. The fraction of sp³-hybridized carbons (Fsp3) is 0.381. The molecule has 0 radical (unpaired) electrons. The van der Waals surface area contributed by atoms with Gasteiger partial charge in [-0.05, 0) is 24.6 Å². The van der Waals surface area contributed by atoms with E-state index >= 15 is 0 Å². The Bertz CT molecular complexity index is 1010. The van der Waals surface area contributed by atoms with E-state index in [0.717, 1.165) is 6.42 Å². The summed E-state index contributed by atoms with van der Waals surface area (Å²) in [6.45, 7) is 2.65. The first kappa shape index (κ1) is 20.7. The standard InChI is InChI=1S/C21H22N6O4/c22-14-21(30)5-8-27(20(21)29)16-4-6-23-18(12-16)25-17-3-2-15(13-24-17)19(28)26-7-1-10-31-11-9-26/h2-4,6,12-13,30H,1,5,7-11H2,(H,23,24,25)/t21-/m0/s1. The molecule has 31 heavy (non-hydrogen) atoms. The second kappa shape index (κ2) is 8.67. The van der Waals surface area contributed by atoms with Crippen molar-refractivity contribution in [3.05, 3.63) is 42.2 Å². The highest BCUT2D eigenvalue weighted by atomic mass is 16.5. The average Bonchev–Trinajstić information content (AvgIpc) is 2.96. The minimum absolute atomic E-state index is 0.0492. The third-order valence-corrected chi connectivity index (χ3v) is 5.31. The van der Waals surface area contributed by atoms with Crippen LogP contribution in [0.15, 0.2) is 36.7 Å². The molecule has 2 N–H and O–H groups in total. The summed E-state index contributed by atoms with van der Waals surface area (Å²) in [7, 11) is 0. The van der Waals surface area contributed by atoms with Crippen LogP contribution in [-0.4, -0.2) is 70.2 Å². The molecule has 10 nitrogen and oxygen atoms in total. The van der Waals surface area contributed by atoms with Crippen molar-refractivity contribution in [3.63, 3.8) is 0 Å². The molecule has 0 aromatic carbocycles. The van der Waals surface area contributed by atoms with E-state index in [9.17, 15) is 14.7 Å². The zero-order valence-corrected chi connectivity index (χ0v) is 16.8. The lowest BCUT2D eigenvalue weighted by Crippen LogP contribution is -2.38. The summed E-state index contributed by atoms with van der Waals surface area (Å²) in [5.74, 6) is 0.199. The first-order valence-electron chi connectivity index (χ1n) is 10.0. The van der Waals surface area contributed by atoms with Crippen LogP contribution in [0.3, 0.4) is 0 Å². The topological polar surface area (TPSA) is 132 Å². The highest BCUT2D eigenvalue weighted by Gasteiger charge is 2.46. The van der Waals surface area contributed by atoms with E-state index in [1.54, 1.807) is 35.2 Å². The number of aliphatic hydroxyl groups is 1. The summed E-state index contributed by atoms with van der Waals surface area (Å²) in [5, 5.41) is 22.1. The Morgan fingerprint density at radius 2 is 2.06 bits per heavy atom. The molecule has 2 saturated heterocycles. The predicted octanol–water partition coefficient (Wildman–Crippen LogP) is 1.07. The molecule has 160 valence electrons. The number of anilines is 3. The van der Waals surface area contributed by atoms with Crippen molar-refractivity contribution >= 4 is 29.1 Å². The molecule has 2 aromatic rings. The molecule has 1 atom stereocenters. The number of ether oxygens (including phenoxy) is 1. The number of hydrogen-bond donors (Lipinski definition) is 2. The predicted molar refractivity (Wildman–Crippen MR) is 111 cm³/mol. The number of carbonyl (C=O) groups excluding carboxylic acids is 2. The van der Waals surface area contributed by atoms with E-state index in [1.807, 2.05) is 0 Å². The Morgan fingerprint density at radius 3 is 2.81 bits per heavy atom. The number of amides is 2. The minimum Gasteiger partial charge on any atom is -0.380 e. The summed E-state index contributed by atoms with van der Waals surface area (Å²) in [6.07, 6.45) is 3.89. The maximum atomic E-state index is 12.6. The zero-order chi connectivity index (χ0) is 21.8. The summed E-state index contributed by atoms with van der Waals surface area (Å²) in [5.41, 5.74) is -0.975. The lowest BCUT2D eigenvalue weighted by molar-refractivity contribution is -0.128. The Hall–Kier alpha value is -3.55. The van der Waals surface area contributed by atoms with Gasteiger partial charge in [0.2, 0.25) is 5.60 Å². The van der Waals surface area contributed by atoms with Gasteiger partial charge >= 0.3 is 0 Å². The van der Waals surface area contributed by atoms with Crippen molar-refractivity contribution in [1.82, 2.24) is 14.9 Å². The summed E-state index contributed by atoms with van der Waals surface area (Å²) < 4.78 is 5.39. The quantitative estimate of drug-likeness (QED) is 0.700. The van der Waals surface area contributed by atoms with Crippen molar-refractivity contribution in [2.24, 2.45) is 0 Å². The first-order chi connectivity index (χ1) is 15.0. The Labute approximate surface area is 179 Å². The number of carbonyl (C=O) groups is 2. The van der Waals surface area contributed by atoms with Gasteiger partial charge in [0.15, 0.2) is 0 Å². The smallest absolute Gasteiger partial charge is 0.273 e. The van der Waals surface area contributed by atoms with Gasteiger partial charge in [0.25, 0.3) is 11.8 Å². The first-order valence-corrected chi connectivity index (χ1v) is 10.0. The van der Waals surface area contributed by atoms with Gasteiger partial charge in [-0.2, -0.15) is 5.26 Å². The maximum Gasteiger partial charge on any atom is 0.273 e. The highest BCUT2D eigenvalue weighted by molar-refractivity contribution is 6.03. The van der Waals surface area contributed by atoms with Crippen molar-refractivity contribution in [2.45, 2.75) is 18.4 Å². The van der Waals surface area contributed by atoms with Crippen molar-refractivity contribution in [2.75, 3.05) is 43.1 Å². The minimum atomic E-state index is -1.99. The number of hydrogen-bond acceptors (Lipinski definition) is 8. The van der Waals surface area contributed by atoms with E-state index in [0.29, 0.717) is 49.2 Å². The summed E-state index contributed by atoms with van der Waals surface area (Å²) >= 11 is 0. The number of aromatic nitrogens is 2. The lowest BCUT2D eigenvalue weighted by atomic mass is 10.1. The maximum absolute atomic E-state index is 12.6. The van der Waals surface area contributed by atoms with Crippen LogP contribution in [0.1, 0.15) is 23.2 Å². The van der Waals surface area contributed by atoms with Crippen LogP contribution < -0.4 is 10.2 Å². The van der Waals surface area contributed by atoms with Crippen LogP contribution in [-0.2, 0) is 9.53 Å². The van der Waals surface area contributed by atoms with E-state index in [1.165, 1.54) is 17.3 Å². The van der Waals surface area contributed by atoms with E-state index in [-0.39, 0.29) is 18.9 Å². The van der Waals surface area contributed by atoms with Crippen LogP contribution in [0.5, 0.6) is 0 Å². The second-order valence-corrected chi connectivity index (χ2v) is 7.39. The molecule has 0 spiro atoms. The SMILES string of the molecule is N#C[C@@]1(O)CCN(c2ccnc(Nc3ccc(C(=O)N4CCCOCC4)cn3)c2)C1=O. The van der Waals surface area contributed by atoms with Crippen LogP contribution >= 0.6 is 0 Å². The van der Waals surface area contributed by atoms with Crippen molar-refractivity contribution < 1.29 is 19.4 Å². The molecule has 0 saturated carbocycles. The Balaban J connectivity index is 1.44. The van der Waals surface area contributed by atoms with Crippen LogP contribution in [0.25, 0.3) is 0 Å². The summed E-state index contributed by atoms with van der Waals surface area (Å²) in [4.78, 5) is 36.6. The van der Waals surface area contributed by atoms with Gasteiger partial charge in [-0.25, -0.2) is 9.97 Å². The normalized spacial score (nSPS) is 21.5. The number of nitriles is 1. The van der Waals surface area contributed by atoms with Crippen molar-refractivity contribution in [1.29, 1.82) is 5.26 Å². The van der Waals surface area contributed by atoms with Crippen LogP contribution in [0.2, 0.25) is 0 Å². The van der Waals surface area contributed by atoms with E-state index in [2.05, 4.69) is 15.3 Å². The van der Waals surface area contributed by atoms with Crippen molar-refractivity contribution in [3.8, 4) is 6.07 Å². The molecular formula is C21H22N6O4. The Kier molecular flexibility index (Phi) is 5.79. The molecule has 10 heteroatoms. The fourth-order valence-corrected chi connectivity index (χ4v) is 3.57. The van der Waals surface area contributed by atoms with E-state index in [4.69, 9.17) is 10.00 Å². The molecule has 0 aliphatic carbocycles. The molecular weight excluding hydrogens is 400 g/mol. The number of nitrogens with one attached hydrogen (secondary N) is 1. The molecule has 0 unspecified atom stereocenters. The fourth-order valence-electron chi connectivity index (χ4n) is 3.57. The molecule has 2 fully saturated rings. The largest absolute Gasteiger partial charge is 0.380 e. The lowest BCUT2D eigenvalue weighted by Gasteiger charge is -2.19. The van der Waals surface area contributed by atoms with E-state index < -0.39 is 11.5 Å². The van der Waals surface area contributed by atoms with Crippen LogP contribution in [0, 0.1) is 11.3 Å². The second-order valence-electron chi connectivity index (χ2n) is 7.39. The average molecular weight is 422 g/mol.